The molecule has 5 heteroatoms. The second kappa shape index (κ2) is 3.85. The van der Waals surface area contributed by atoms with Gasteiger partial charge in [-0.15, -0.1) is 10.2 Å². The van der Waals surface area contributed by atoms with E-state index in [0.717, 1.165) is 32.1 Å². The van der Waals surface area contributed by atoms with Gasteiger partial charge in [-0.2, -0.15) is 0 Å². The lowest BCUT2D eigenvalue weighted by atomic mass is 10.3. The number of morpholine rings is 1. The number of nitrogens with one attached hydrogen (secondary N) is 1. The quantitative estimate of drug-likeness (QED) is 0.697. The number of aryl methyl sites for hydroxylation is 1. The largest absolute Gasteiger partial charge is 0.368 e. The van der Waals surface area contributed by atoms with Crippen LogP contribution >= 0.6 is 0 Å². The van der Waals surface area contributed by atoms with E-state index in [1.807, 2.05) is 4.57 Å². The lowest BCUT2D eigenvalue weighted by molar-refractivity contribution is 0.0198. The van der Waals surface area contributed by atoms with Crippen molar-refractivity contribution in [2.45, 2.75) is 19.6 Å². The van der Waals surface area contributed by atoms with E-state index in [1.165, 1.54) is 0 Å². The molecule has 1 aliphatic heterocycles. The zero-order chi connectivity index (χ0) is 9.10. The molecular weight excluding hydrogens is 168 g/mol. The van der Waals surface area contributed by atoms with E-state index in [0.29, 0.717) is 0 Å². The number of hydrogen-bond donors (Lipinski definition) is 1. The first-order valence-electron chi connectivity index (χ1n) is 4.62. The van der Waals surface area contributed by atoms with Gasteiger partial charge in [0.15, 0.2) is 5.82 Å². The number of rotatable bonds is 2. The summed E-state index contributed by atoms with van der Waals surface area (Å²) in [5.41, 5.74) is 0. The van der Waals surface area contributed by atoms with Gasteiger partial charge >= 0.3 is 0 Å². The van der Waals surface area contributed by atoms with Crippen LogP contribution in [0.2, 0.25) is 0 Å². The molecule has 2 heterocycles. The van der Waals surface area contributed by atoms with E-state index in [9.17, 15) is 0 Å². The molecule has 0 unspecified atom stereocenters. The molecule has 0 amide bonds. The summed E-state index contributed by atoms with van der Waals surface area (Å²) in [5, 5.41) is 11.2. The third-order valence-corrected chi connectivity index (χ3v) is 2.20. The summed E-state index contributed by atoms with van der Waals surface area (Å²) >= 11 is 0. The van der Waals surface area contributed by atoms with Crippen LogP contribution in [0.15, 0.2) is 6.33 Å². The first-order valence-corrected chi connectivity index (χ1v) is 4.62. The van der Waals surface area contributed by atoms with E-state index in [4.69, 9.17) is 4.74 Å². The highest BCUT2D eigenvalue weighted by Gasteiger charge is 2.20. The van der Waals surface area contributed by atoms with Crippen LogP contribution in [0.1, 0.15) is 18.9 Å². The van der Waals surface area contributed by atoms with Crippen molar-refractivity contribution in [1.29, 1.82) is 0 Å². The fraction of sp³-hybridized carbons (Fsp3) is 0.750. The summed E-state index contributed by atoms with van der Waals surface area (Å²) in [6.07, 6.45) is 1.81. The molecule has 0 aliphatic carbocycles. The Labute approximate surface area is 77.1 Å². The minimum Gasteiger partial charge on any atom is -0.368 e. The van der Waals surface area contributed by atoms with Crippen molar-refractivity contribution in [1.82, 2.24) is 20.1 Å². The smallest absolute Gasteiger partial charge is 0.163 e. The van der Waals surface area contributed by atoms with Crippen molar-refractivity contribution in [3.8, 4) is 0 Å². The van der Waals surface area contributed by atoms with Gasteiger partial charge in [0.2, 0.25) is 0 Å². The van der Waals surface area contributed by atoms with Gasteiger partial charge in [-0.1, -0.05) is 0 Å². The van der Waals surface area contributed by atoms with Crippen molar-refractivity contribution in [2.24, 2.45) is 0 Å². The highest BCUT2D eigenvalue weighted by Crippen LogP contribution is 2.15. The summed E-state index contributed by atoms with van der Waals surface area (Å²) in [7, 11) is 0. The molecule has 5 nitrogen and oxygen atoms in total. The Hall–Kier alpha value is -0.940. The van der Waals surface area contributed by atoms with Gasteiger partial charge in [-0.05, 0) is 6.92 Å². The second-order valence-corrected chi connectivity index (χ2v) is 3.04. The molecule has 1 aliphatic rings. The van der Waals surface area contributed by atoms with Crippen LogP contribution in [0.5, 0.6) is 0 Å². The maximum absolute atomic E-state index is 5.58. The highest BCUT2D eigenvalue weighted by atomic mass is 16.5. The lowest BCUT2D eigenvalue weighted by Gasteiger charge is -2.22. The maximum atomic E-state index is 5.58. The van der Waals surface area contributed by atoms with Gasteiger partial charge in [0, 0.05) is 19.6 Å². The molecule has 1 aromatic heterocycles. The van der Waals surface area contributed by atoms with E-state index in [2.05, 4.69) is 22.4 Å². The maximum Gasteiger partial charge on any atom is 0.163 e. The Kier molecular flexibility index (Phi) is 2.56. The second-order valence-electron chi connectivity index (χ2n) is 3.04. The lowest BCUT2D eigenvalue weighted by Crippen LogP contribution is -2.34. The van der Waals surface area contributed by atoms with Crippen LogP contribution < -0.4 is 5.32 Å². The number of aromatic nitrogens is 3. The van der Waals surface area contributed by atoms with E-state index in [1.54, 1.807) is 6.33 Å². The summed E-state index contributed by atoms with van der Waals surface area (Å²) in [4.78, 5) is 0. The Balaban J connectivity index is 2.13. The topological polar surface area (TPSA) is 52.0 Å². The Morgan fingerprint density at radius 1 is 1.77 bits per heavy atom. The van der Waals surface area contributed by atoms with E-state index >= 15 is 0 Å². The summed E-state index contributed by atoms with van der Waals surface area (Å²) in [6.45, 7) is 5.47. The molecule has 0 bridgehead atoms. The molecule has 1 N–H and O–H groups in total. The third kappa shape index (κ3) is 1.71. The van der Waals surface area contributed by atoms with Crippen molar-refractivity contribution < 1.29 is 4.74 Å². The van der Waals surface area contributed by atoms with Gasteiger partial charge in [0.25, 0.3) is 0 Å². The molecule has 2 rings (SSSR count). The Bertz CT molecular complexity index is 267. The summed E-state index contributed by atoms with van der Waals surface area (Å²) < 4.78 is 7.59. The van der Waals surface area contributed by atoms with Gasteiger partial charge in [-0.3, -0.25) is 0 Å². The monoisotopic (exact) mass is 182 g/mol. The molecule has 0 radical (unpaired) electrons. The minimum absolute atomic E-state index is 0.0659. The minimum atomic E-state index is 0.0659. The fourth-order valence-electron chi connectivity index (χ4n) is 1.49. The van der Waals surface area contributed by atoms with Crippen LogP contribution in [0.3, 0.4) is 0 Å². The first kappa shape index (κ1) is 8.65. The molecule has 0 aromatic carbocycles. The number of nitrogens with zero attached hydrogens (tertiary/aromatic N) is 3. The average molecular weight is 182 g/mol. The van der Waals surface area contributed by atoms with E-state index < -0.39 is 0 Å². The van der Waals surface area contributed by atoms with Crippen molar-refractivity contribution >= 4 is 0 Å². The summed E-state index contributed by atoms with van der Waals surface area (Å²) in [6, 6.07) is 0. The zero-order valence-electron chi connectivity index (χ0n) is 7.73. The highest BCUT2D eigenvalue weighted by molar-refractivity contribution is 4.93. The normalized spacial score (nSPS) is 23.3. The molecule has 0 spiro atoms. The first-order chi connectivity index (χ1) is 6.42. The average Bonchev–Trinajstić information content (AvgIpc) is 2.67. The SMILES string of the molecule is CCn1cnnc1[C@@H]1CNCCO1. The van der Waals surface area contributed by atoms with E-state index in [-0.39, 0.29) is 6.10 Å². The zero-order valence-corrected chi connectivity index (χ0v) is 7.73. The predicted octanol–water partition coefficient (Wildman–Crippen LogP) is -0.0411. The molecule has 1 saturated heterocycles. The molecule has 1 fully saturated rings. The Morgan fingerprint density at radius 3 is 3.38 bits per heavy atom. The van der Waals surface area contributed by atoms with Crippen LogP contribution in [0.25, 0.3) is 0 Å². The van der Waals surface area contributed by atoms with Crippen LogP contribution in [-0.2, 0) is 11.3 Å². The van der Waals surface area contributed by atoms with Crippen LogP contribution in [-0.4, -0.2) is 34.5 Å². The third-order valence-electron chi connectivity index (χ3n) is 2.20. The fourth-order valence-corrected chi connectivity index (χ4v) is 1.49. The van der Waals surface area contributed by atoms with Gasteiger partial charge in [0.1, 0.15) is 12.4 Å². The molecule has 1 atom stereocenters. The van der Waals surface area contributed by atoms with Crippen molar-refractivity contribution in [3.63, 3.8) is 0 Å². The standard InChI is InChI=1S/C8H14N4O/c1-2-12-6-10-11-8(12)7-5-9-3-4-13-7/h6-7,9H,2-5H2,1H3/t7-/m0/s1. The predicted molar refractivity (Wildman–Crippen MR) is 47.3 cm³/mol. The van der Waals surface area contributed by atoms with Gasteiger partial charge in [0.05, 0.1) is 6.61 Å². The number of hydrogen-bond acceptors (Lipinski definition) is 4. The van der Waals surface area contributed by atoms with Crippen molar-refractivity contribution in [3.05, 3.63) is 12.2 Å². The van der Waals surface area contributed by atoms with Gasteiger partial charge < -0.3 is 14.6 Å². The number of ether oxygens (including phenoxy) is 1. The van der Waals surface area contributed by atoms with Crippen molar-refractivity contribution in [2.75, 3.05) is 19.7 Å². The van der Waals surface area contributed by atoms with Gasteiger partial charge in [-0.25, -0.2) is 0 Å². The van der Waals surface area contributed by atoms with Crippen LogP contribution in [0.4, 0.5) is 0 Å². The summed E-state index contributed by atoms with van der Waals surface area (Å²) in [5.74, 6) is 0.926. The molecule has 0 saturated carbocycles. The molecular formula is C8H14N4O. The Morgan fingerprint density at radius 2 is 2.69 bits per heavy atom. The molecule has 13 heavy (non-hydrogen) atoms. The van der Waals surface area contributed by atoms with Crippen LogP contribution in [0, 0.1) is 0 Å². The molecule has 72 valence electrons. The molecule has 1 aromatic rings.